The van der Waals surface area contributed by atoms with Gasteiger partial charge in [-0.2, -0.15) is 5.10 Å². The van der Waals surface area contributed by atoms with E-state index >= 15 is 0 Å². The van der Waals surface area contributed by atoms with Crippen LogP contribution in [0.1, 0.15) is 47.1 Å². The zero-order valence-electron chi connectivity index (χ0n) is 17.6. The fourth-order valence-corrected chi connectivity index (χ4v) is 4.09. The van der Waals surface area contributed by atoms with Crippen molar-refractivity contribution >= 4 is 0 Å². The van der Waals surface area contributed by atoms with Gasteiger partial charge in [0.25, 0.3) is 0 Å². The van der Waals surface area contributed by atoms with E-state index in [9.17, 15) is 4.79 Å². The minimum Gasteiger partial charge on any atom is -0.349 e. The zero-order valence-corrected chi connectivity index (χ0v) is 17.6. The highest BCUT2D eigenvalue weighted by atomic mass is 16.7. The number of aromatic amines is 2. The minimum absolute atomic E-state index is 0.117. The monoisotopic (exact) mass is 408 g/mol. The van der Waals surface area contributed by atoms with Gasteiger partial charge in [-0.15, -0.1) is 0 Å². The Kier molecular flexibility index (Phi) is 6.13. The molecule has 0 amide bonds. The fraction of sp³-hybridized carbons (Fsp3) is 0.391. The van der Waals surface area contributed by atoms with Gasteiger partial charge in [0.05, 0.1) is 25.3 Å². The highest BCUT2D eigenvalue weighted by molar-refractivity contribution is 5.30. The summed E-state index contributed by atoms with van der Waals surface area (Å²) >= 11 is 0. The van der Waals surface area contributed by atoms with Crippen LogP contribution in [0.15, 0.2) is 53.3 Å². The largest absolute Gasteiger partial charge is 0.349 e. The fourth-order valence-electron chi connectivity index (χ4n) is 4.09. The third-order valence-electron chi connectivity index (χ3n) is 5.41. The van der Waals surface area contributed by atoms with Crippen LogP contribution >= 0.6 is 0 Å². The molecule has 0 bridgehead atoms. The highest BCUT2D eigenvalue weighted by Gasteiger charge is 2.36. The summed E-state index contributed by atoms with van der Waals surface area (Å²) in [6, 6.07) is 16.5. The smallest absolute Gasteiger partial charge is 0.340 e. The van der Waals surface area contributed by atoms with E-state index in [4.69, 9.17) is 9.47 Å². The van der Waals surface area contributed by atoms with Crippen molar-refractivity contribution in [1.82, 2.24) is 20.1 Å². The number of morpholine rings is 1. The van der Waals surface area contributed by atoms with Crippen molar-refractivity contribution in [3.05, 3.63) is 87.1 Å². The van der Waals surface area contributed by atoms with Gasteiger partial charge in [0.2, 0.25) is 0 Å². The van der Waals surface area contributed by atoms with Gasteiger partial charge >= 0.3 is 5.69 Å². The second-order valence-electron chi connectivity index (χ2n) is 7.89. The predicted octanol–water partition coefficient (Wildman–Crippen LogP) is 3.39. The van der Waals surface area contributed by atoms with Crippen LogP contribution in [-0.4, -0.2) is 39.5 Å². The molecule has 7 nitrogen and oxygen atoms in total. The van der Waals surface area contributed by atoms with Crippen LogP contribution in [0.2, 0.25) is 0 Å². The summed E-state index contributed by atoms with van der Waals surface area (Å²) in [7, 11) is 0. The highest BCUT2D eigenvalue weighted by Crippen LogP contribution is 2.34. The Bertz CT molecular complexity index is 1010. The van der Waals surface area contributed by atoms with Crippen LogP contribution in [0.3, 0.4) is 0 Å². The normalized spacial score (nSPS) is 20.9. The topological polar surface area (TPSA) is 83.2 Å². The summed E-state index contributed by atoms with van der Waals surface area (Å²) in [5.74, 6) is 0.601. The lowest BCUT2D eigenvalue weighted by Crippen LogP contribution is -2.46. The number of ether oxygens (including phenoxy) is 2. The van der Waals surface area contributed by atoms with Crippen LogP contribution < -0.4 is 5.69 Å². The molecule has 30 heavy (non-hydrogen) atoms. The molecule has 3 aromatic rings. The average Bonchev–Trinajstić information content (AvgIpc) is 3.13. The van der Waals surface area contributed by atoms with Gasteiger partial charge in [0.15, 0.2) is 6.29 Å². The number of hydrogen-bond donors (Lipinski definition) is 2. The summed E-state index contributed by atoms with van der Waals surface area (Å²) in [6.45, 7) is 8.01. The third kappa shape index (κ3) is 4.70. The molecule has 3 atom stereocenters. The van der Waals surface area contributed by atoms with E-state index in [1.54, 1.807) is 0 Å². The van der Waals surface area contributed by atoms with Gasteiger partial charge in [0, 0.05) is 6.54 Å². The maximum atomic E-state index is 11.5. The molecule has 0 saturated carbocycles. The molecule has 0 spiro atoms. The zero-order chi connectivity index (χ0) is 21.1. The van der Waals surface area contributed by atoms with E-state index in [0.717, 1.165) is 11.1 Å². The van der Waals surface area contributed by atoms with Gasteiger partial charge in [-0.3, -0.25) is 9.88 Å². The number of aromatic nitrogens is 3. The van der Waals surface area contributed by atoms with E-state index in [1.165, 1.54) is 11.1 Å². The molecule has 2 N–H and O–H groups in total. The molecule has 0 radical (unpaired) electrons. The number of nitrogens with zero attached hydrogens (tertiary/aromatic N) is 2. The van der Waals surface area contributed by atoms with Crippen molar-refractivity contribution in [3.63, 3.8) is 0 Å². The molecule has 2 aromatic carbocycles. The van der Waals surface area contributed by atoms with Crippen LogP contribution in [0.5, 0.6) is 0 Å². The predicted molar refractivity (Wildman–Crippen MR) is 114 cm³/mol. The second kappa shape index (κ2) is 8.95. The van der Waals surface area contributed by atoms with Gasteiger partial charge in [-0.1, -0.05) is 59.7 Å². The van der Waals surface area contributed by atoms with Gasteiger partial charge < -0.3 is 9.47 Å². The number of aryl methyl sites for hydroxylation is 2. The minimum atomic E-state index is -0.442. The number of nitrogens with one attached hydrogen (secondary N) is 2. The van der Waals surface area contributed by atoms with Crippen molar-refractivity contribution in [1.29, 1.82) is 0 Å². The van der Waals surface area contributed by atoms with Crippen LogP contribution in [-0.2, 0) is 16.0 Å². The standard InChI is InChI=1S/C23H28N4O3/c1-15-11-16(2)13-19(12-15)17(3)30-22-21(18-7-5-4-6-8-18)27(9-10-29-22)14-20-24-23(28)26-25-20/h4-8,11-13,17,21-22H,9-10,14H2,1-3H3,(H2,24,25,26,28). The average molecular weight is 409 g/mol. The lowest BCUT2D eigenvalue weighted by Gasteiger charge is -2.41. The summed E-state index contributed by atoms with van der Waals surface area (Å²) in [5.41, 5.74) is 4.37. The Balaban J connectivity index is 1.60. The van der Waals surface area contributed by atoms with Crippen molar-refractivity contribution in [2.24, 2.45) is 0 Å². The summed E-state index contributed by atoms with van der Waals surface area (Å²) in [6.07, 6.45) is -0.562. The Labute approximate surface area is 176 Å². The lowest BCUT2D eigenvalue weighted by atomic mass is 10.0. The molecule has 4 rings (SSSR count). The molecule has 0 aliphatic carbocycles. The van der Waals surface area contributed by atoms with Gasteiger partial charge in [-0.25, -0.2) is 9.89 Å². The molecule has 1 saturated heterocycles. The summed E-state index contributed by atoms with van der Waals surface area (Å²) < 4.78 is 12.6. The Morgan fingerprint density at radius 2 is 1.93 bits per heavy atom. The quantitative estimate of drug-likeness (QED) is 0.653. The SMILES string of the molecule is Cc1cc(C)cc(C(C)OC2OCCN(Cc3n[nH]c(=O)[nH]3)C2c2ccccc2)c1. The molecule has 3 unspecified atom stereocenters. The molecule has 1 aliphatic heterocycles. The Morgan fingerprint density at radius 3 is 2.60 bits per heavy atom. The lowest BCUT2D eigenvalue weighted by molar-refractivity contribution is -0.231. The maximum Gasteiger partial charge on any atom is 0.340 e. The molecule has 1 aliphatic rings. The first-order chi connectivity index (χ1) is 14.5. The number of benzene rings is 2. The molecular formula is C23H28N4O3. The first-order valence-corrected chi connectivity index (χ1v) is 10.3. The van der Waals surface area contributed by atoms with Crippen molar-refractivity contribution in [3.8, 4) is 0 Å². The molecule has 1 aromatic heterocycles. The number of hydrogen-bond acceptors (Lipinski definition) is 5. The molecular weight excluding hydrogens is 380 g/mol. The molecule has 1 fully saturated rings. The van der Waals surface area contributed by atoms with Gasteiger partial charge in [-0.05, 0) is 31.9 Å². The van der Waals surface area contributed by atoms with E-state index in [0.29, 0.717) is 25.5 Å². The molecule has 158 valence electrons. The Hall–Kier alpha value is -2.74. The van der Waals surface area contributed by atoms with Crippen LogP contribution in [0.25, 0.3) is 0 Å². The van der Waals surface area contributed by atoms with Crippen molar-refractivity contribution in [2.45, 2.75) is 45.8 Å². The van der Waals surface area contributed by atoms with Crippen LogP contribution in [0, 0.1) is 13.8 Å². The van der Waals surface area contributed by atoms with Gasteiger partial charge in [0.1, 0.15) is 5.82 Å². The summed E-state index contributed by atoms with van der Waals surface area (Å²) in [4.78, 5) is 16.4. The molecule has 7 heteroatoms. The first kappa shape index (κ1) is 20.5. The van der Waals surface area contributed by atoms with E-state index < -0.39 is 6.29 Å². The Morgan fingerprint density at radius 1 is 1.20 bits per heavy atom. The second-order valence-corrected chi connectivity index (χ2v) is 7.89. The van der Waals surface area contributed by atoms with Crippen molar-refractivity contribution < 1.29 is 9.47 Å². The number of rotatable bonds is 6. The first-order valence-electron chi connectivity index (χ1n) is 10.3. The van der Waals surface area contributed by atoms with Crippen LogP contribution in [0.4, 0.5) is 0 Å². The van der Waals surface area contributed by atoms with E-state index in [2.05, 4.69) is 71.2 Å². The molecule has 2 heterocycles. The third-order valence-corrected chi connectivity index (χ3v) is 5.41. The van der Waals surface area contributed by atoms with Crippen molar-refractivity contribution in [2.75, 3.05) is 13.2 Å². The van der Waals surface area contributed by atoms with E-state index in [1.807, 2.05) is 18.2 Å². The number of H-pyrrole nitrogens is 2. The van der Waals surface area contributed by atoms with E-state index in [-0.39, 0.29) is 17.8 Å². The maximum absolute atomic E-state index is 11.5. The summed E-state index contributed by atoms with van der Waals surface area (Å²) in [5, 5.41) is 6.51.